The van der Waals surface area contributed by atoms with Gasteiger partial charge in [0.1, 0.15) is 5.75 Å². The Morgan fingerprint density at radius 2 is 2.06 bits per heavy atom. The van der Waals surface area contributed by atoms with Crippen molar-refractivity contribution in [3.8, 4) is 17.0 Å². The predicted octanol–water partition coefficient (Wildman–Crippen LogP) is 2.07. The fraction of sp³-hybridized carbons (Fsp3) is 0.0909. The summed E-state index contributed by atoms with van der Waals surface area (Å²) in [5, 5.41) is 9.47. The molecule has 82 valence electrons. The third-order valence-electron chi connectivity index (χ3n) is 2.19. The SMILES string of the molecule is NCc1cc(-c2cncc(Br)c2)ncc1O. The second kappa shape index (κ2) is 4.59. The highest BCUT2D eigenvalue weighted by atomic mass is 79.9. The van der Waals surface area contributed by atoms with E-state index in [1.165, 1.54) is 6.20 Å². The third-order valence-corrected chi connectivity index (χ3v) is 2.62. The van der Waals surface area contributed by atoms with Gasteiger partial charge in [0, 0.05) is 34.5 Å². The summed E-state index contributed by atoms with van der Waals surface area (Å²) in [7, 11) is 0. The normalized spacial score (nSPS) is 10.4. The first-order chi connectivity index (χ1) is 7.70. The van der Waals surface area contributed by atoms with E-state index in [4.69, 9.17) is 5.73 Å². The summed E-state index contributed by atoms with van der Waals surface area (Å²) >= 11 is 3.35. The van der Waals surface area contributed by atoms with E-state index in [1.54, 1.807) is 18.5 Å². The van der Waals surface area contributed by atoms with Gasteiger partial charge in [-0.15, -0.1) is 0 Å². The van der Waals surface area contributed by atoms with Gasteiger partial charge in [0.2, 0.25) is 0 Å². The van der Waals surface area contributed by atoms with Crippen molar-refractivity contribution in [1.29, 1.82) is 0 Å². The molecule has 0 amide bonds. The fourth-order valence-electron chi connectivity index (χ4n) is 1.36. The van der Waals surface area contributed by atoms with Crippen LogP contribution in [0.5, 0.6) is 5.75 Å². The highest BCUT2D eigenvalue weighted by Gasteiger charge is 2.05. The van der Waals surface area contributed by atoms with Crippen molar-refractivity contribution in [1.82, 2.24) is 9.97 Å². The Balaban J connectivity index is 2.48. The number of hydrogen-bond donors (Lipinski definition) is 2. The molecule has 3 N–H and O–H groups in total. The van der Waals surface area contributed by atoms with E-state index in [9.17, 15) is 5.11 Å². The molecule has 2 rings (SSSR count). The Morgan fingerprint density at radius 1 is 1.25 bits per heavy atom. The average Bonchev–Trinajstić information content (AvgIpc) is 2.29. The zero-order chi connectivity index (χ0) is 11.5. The Labute approximate surface area is 101 Å². The molecule has 0 radical (unpaired) electrons. The van der Waals surface area contributed by atoms with Crippen molar-refractivity contribution in [2.75, 3.05) is 0 Å². The molecule has 0 bridgehead atoms. The Bertz CT molecular complexity index is 516. The van der Waals surface area contributed by atoms with Crippen LogP contribution >= 0.6 is 15.9 Å². The van der Waals surface area contributed by atoms with E-state index in [0.717, 1.165) is 15.7 Å². The molecule has 2 heterocycles. The average molecular weight is 280 g/mol. The number of aromatic nitrogens is 2. The van der Waals surface area contributed by atoms with Crippen LogP contribution in [0.15, 0.2) is 35.2 Å². The lowest BCUT2D eigenvalue weighted by atomic mass is 10.1. The van der Waals surface area contributed by atoms with Crippen LogP contribution in [0.25, 0.3) is 11.3 Å². The van der Waals surface area contributed by atoms with Gasteiger partial charge in [-0.25, -0.2) is 0 Å². The molecule has 16 heavy (non-hydrogen) atoms. The van der Waals surface area contributed by atoms with E-state index in [1.807, 2.05) is 6.07 Å². The molecular weight excluding hydrogens is 270 g/mol. The Morgan fingerprint density at radius 3 is 2.75 bits per heavy atom. The number of hydrogen-bond acceptors (Lipinski definition) is 4. The summed E-state index contributed by atoms with van der Waals surface area (Å²) in [4.78, 5) is 8.19. The fourth-order valence-corrected chi connectivity index (χ4v) is 1.73. The second-order valence-electron chi connectivity index (χ2n) is 3.29. The number of pyridine rings is 2. The van der Waals surface area contributed by atoms with Crippen LogP contribution in [0.1, 0.15) is 5.56 Å². The van der Waals surface area contributed by atoms with Gasteiger partial charge >= 0.3 is 0 Å². The quantitative estimate of drug-likeness (QED) is 0.883. The molecule has 0 saturated carbocycles. The molecule has 5 heteroatoms. The maximum atomic E-state index is 9.47. The summed E-state index contributed by atoms with van der Waals surface area (Å²) in [6.07, 6.45) is 4.82. The van der Waals surface area contributed by atoms with Crippen LogP contribution in [0.3, 0.4) is 0 Å². The molecule has 0 aliphatic heterocycles. The van der Waals surface area contributed by atoms with E-state index >= 15 is 0 Å². The van der Waals surface area contributed by atoms with Crippen molar-refractivity contribution in [3.63, 3.8) is 0 Å². The minimum absolute atomic E-state index is 0.120. The van der Waals surface area contributed by atoms with Gasteiger partial charge in [-0.2, -0.15) is 0 Å². The minimum Gasteiger partial charge on any atom is -0.506 e. The summed E-state index contributed by atoms with van der Waals surface area (Å²) < 4.78 is 0.883. The monoisotopic (exact) mass is 279 g/mol. The molecule has 2 aromatic heterocycles. The second-order valence-corrected chi connectivity index (χ2v) is 4.21. The van der Waals surface area contributed by atoms with Crippen LogP contribution < -0.4 is 5.73 Å². The number of nitrogens with zero attached hydrogens (tertiary/aromatic N) is 2. The highest BCUT2D eigenvalue weighted by molar-refractivity contribution is 9.10. The standard InChI is InChI=1S/C11H10BrN3O/c12-9-1-8(4-14-5-9)10-2-7(3-13)11(16)6-15-10/h1-2,4-6,16H,3,13H2. The van der Waals surface area contributed by atoms with Crippen molar-refractivity contribution in [2.45, 2.75) is 6.54 Å². The molecular formula is C11H10BrN3O. The molecule has 0 aromatic carbocycles. The zero-order valence-corrected chi connectivity index (χ0v) is 9.98. The summed E-state index contributed by atoms with van der Waals surface area (Å²) in [6, 6.07) is 3.67. The van der Waals surface area contributed by atoms with E-state index in [-0.39, 0.29) is 12.3 Å². The van der Waals surface area contributed by atoms with Crippen LogP contribution in [-0.4, -0.2) is 15.1 Å². The summed E-state index contributed by atoms with van der Waals surface area (Å²) in [5.41, 5.74) is 7.81. The topological polar surface area (TPSA) is 72.0 Å². The van der Waals surface area contributed by atoms with E-state index in [2.05, 4.69) is 25.9 Å². The Hall–Kier alpha value is -1.46. The number of aromatic hydroxyl groups is 1. The lowest BCUT2D eigenvalue weighted by Gasteiger charge is -2.05. The largest absolute Gasteiger partial charge is 0.506 e. The number of rotatable bonds is 2. The van der Waals surface area contributed by atoms with Gasteiger partial charge in [-0.3, -0.25) is 9.97 Å². The molecule has 0 fully saturated rings. The molecule has 0 atom stereocenters. The first kappa shape index (κ1) is 11.0. The lowest BCUT2D eigenvalue weighted by Crippen LogP contribution is -1.98. The van der Waals surface area contributed by atoms with Gasteiger partial charge in [-0.1, -0.05) is 0 Å². The lowest BCUT2D eigenvalue weighted by molar-refractivity contribution is 0.466. The van der Waals surface area contributed by atoms with Gasteiger partial charge in [0.25, 0.3) is 0 Å². The number of halogens is 1. The first-order valence-electron chi connectivity index (χ1n) is 4.69. The predicted molar refractivity (Wildman–Crippen MR) is 64.7 cm³/mol. The van der Waals surface area contributed by atoms with Gasteiger partial charge in [0.05, 0.1) is 11.9 Å². The highest BCUT2D eigenvalue weighted by Crippen LogP contribution is 2.24. The van der Waals surface area contributed by atoms with Gasteiger partial charge in [-0.05, 0) is 28.1 Å². The third kappa shape index (κ3) is 2.20. The molecule has 2 aromatic rings. The Kier molecular flexibility index (Phi) is 3.17. The van der Waals surface area contributed by atoms with Crippen LogP contribution in [0.4, 0.5) is 0 Å². The van der Waals surface area contributed by atoms with Gasteiger partial charge < -0.3 is 10.8 Å². The molecule has 0 saturated heterocycles. The van der Waals surface area contributed by atoms with Crippen molar-refractivity contribution in [2.24, 2.45) is 5.73 Å². The minimum atomic E-state index is 0.120. The molecule has 0 aliphatic rings. The van der Waals surface area contributed by atoms with Crippen molar-refractivity contribution in [3.05, 3.63) is 40.8 Å². The maximum Gasteiger partial charge on any atom is 0.138 e. The smallest absolute Gasteiger partial charge is 0.138 e. The van der Waals surface area contributed by atoms with Gasteiger partial charge in [0.15, 0.2) is 0 Å². The van der Waals surface area contributed by atoms with E-state index in [0.29, 0.717) is 5.56 Å². The van der Waals surface area contributed by atoms with Crippen LogP contribution in [0, 0.1) is 0 Å². The zero-order valence-electron chi connectivity index (χ0n) is 8.39. The number of nitrogens with two attached hydrogens (primary N) is 1. The van der Waals surface area contributed by atoms with Crippen molar-refractivity contribution >= 4 is 15.9 Å². The molecule has 0 unspecified atom stereocenters. The van der Waals surface area contributed by atoms with E-state index < -0.39 is 0 Å². The van der Waals surface area contributed by atoms with Crippen molar-refractivity contribution < 1.29 is 5.11 Å². The molecule has 0 spiro atoms. The first-order valence-corrected chi connectivity index (χ1v) is 5.49. The maximum absolute atomic E-state index is 9.47. The summed E-state index contributed by atoms with van der Waals surface area (Å²) in [6.45, 7) is 0.281. The summed E-state index contributed by atoms with van der Waals surface area (Å²) in [5.74, 6) is 0.120. The van der Waals surface area contributed by atoms with Crippen LogP contribution in [0.2, 0.25) is 0 Å². The molecule has 4 nitrogen and oxygen atoms in total. The molecule has 0 aliphatic carbocycles. The van der Waals surface area contributed by atoms with Crippen LogP contribution in [-0.2, 0) is 6.54 Å².